The maximum atomic E-state index is 10.3. The number of hydrogen-bond donors (Lipinski definition) is 1. The topological polar surface area (TPSA) is 43.4 Å². The van der Waals surface area contributed by atoms with E-state index in [4.69, 9.17) is 0 Å². The fourth-order valence-electron chi connectivity index (χ4n) is 0.240. The maximum Gasteiger partial charge on any atom is 0.304 e. The summed E-state index contributed by atoms with van der Waals surface area (Å²) in [5.41, 5.74) is -0.900. The SMILES string of the molecule is CC(=O)OC(S)C(C)=O. The van der Waals surface area contributed by atoms with Crippen LogP contribution in [0.4, 0.5) is 0 Å². The standard InChI is InChI=1S/C5H8O3S/c1-3(6)5(9)8-4(2)7/h5,9H,1-2H3. The molecular formula is C5H8O3S. The number of carbonyl (C=O) groups is 2. The second-order valence-corrected chi connectivity index (χ2v) is 2.04. The molecule has 0 aliphatic heterocycles. The Bertz CT molecular complexity index is 132. The summed E-state index contributed by atoms with van der Waals surface area (Å²) in [4.78, 5) is 20.5. The lowest BCUT2D eigenvalue weighted by Crippen LogP contribution is -2.17. The Balaban J connectivity index is 3.63. The van der Waals surface area contributed by atoms with Gasteiger partial charge < -0.3 is 4.74 Å². The van der Waals surface area contributed by atoms with E-state index in [-0.39, 0.29) is 5.78 Å². The molecule has 0 aliphatic carbocycles. The van der Waals surface area contributed by atoms with Gasteiger partial charge in [-0.25, -0.2) is 0 Å². The third-order valence-electron chi connectivity index (χ3n) is 0.625. The van der Waals surface area contributed by atoms with Gasteiger partial charge in [0.2, 0.25) is 5.44 Å². The van der Waals surface area contributed by atoms with E-state index in [1.54, 1.807) is 0 Å². The molecule has 0 rings (SSSR count). The molecule has 0 aliphatic rings. The molecule has 0 aromatic heterocycles. The molecule has 3 nitrogen and oxygen atoms in total. The van der Waals surface area contributed by atoms with Crippen molar-refractivity contribution in [2.24, 2.45) is 0 Å². The zero-order valence-electron chi connectivity index (χ0n) is 5.25. The van der Waals surface area contributed by atoms with Crippen LogP contribution in [0.1, 0.15) is 13.8 Å². The van der Waals surface area contributed by atoms with Crippen LogP contribution >= 0.6 is 12.6 Å². The number of hydrogen-bond acceptors (Lipinski definition) is 4. The smallest absolute Gasteiger partial charge is 0.304 e. The van der Waals surface area contributed by atoms with Crippen molar-refractivity contribution < 1.29 is 14.3 Å². The van der Waals surface area contributed by atoms with Gasteiger partial charge in [0.15, 0.2) is 5.78 Å². The molecule has 0 saturated heterocycles. The zero-order valence-corrected chi connectivity index (χ0v) is 6.14. The van der Waals surface area contributed by atoms with E-state index >= 15 is 0 Å². The van der Waals surface area contributed by atoms with E-state index in [9.17, 15) is 9.59 Å². The van der Waals surface area contributed by atoms with Crippen molar-refractivity contribution in [1.29, 1.82) is 0 Å². The van der Waals surface area contributed by atoms with E-state index < -0.39 is 11.4 Å². The summed E-state index contributed by atoms with van der Waals surface area (Å²) >= 11 is 3.67. The first-order valence-electron chi connectivity index (χ1n) is 2.39. The van der Waals surface area contributed by atoms with Gasteiger partial charge in [0, 0.05) is 6.92 Å². The molecule has 0 radical (unpaired) electrons. The van der Waals surface area contributed by atoms with Crippen molar-refractivity contribution in [1.82, 2.24) is 0 Å². The number of carbonyl (C=O) groups excluding carboxylic acids is 2. The highest BCUT2D eigenvalue weighted by molar-refractivity contribution is 7.81. The van der Waals surface area contributed by atoms with Gasteiger partial charge in [-0.2, -0.15) is 0 Å². The molecule has 9 heavy (non-hydrogen) atoms. The number of esters is 1. The molecule has 1 atom stereocenters. The van der Waals surface area contributed by atoms with Gasteiger partial charge in [-0.05, 0) is 6.92 Å². The van der Waals surface area contributed by atoms with Gasteiger partial charge >= 0.3 is 5.97 Å². The number of thiol groups is 1. The molecule has 1 unspecified atom stereocenters. The summed E-state index contributed by atoms with van der Waals surface area (Å²) in [6.07, 6.45) is 0. The van der Waals surface area contributed by atoms with Crippen LogP contribution in [-0.4, -0.2) is 17.2 Å². The predicted octanol–water partition coefficient (Wildman–Crippen LogP) is 0.394. The van der Waals surface area contributed by atoms with Crippen molar-refractivity contribution >= 4 is 24.4 Å². The first-order chi connectivity index (χ1) is 4.04. The Morgan fingerprint density at radius 3 is 2.00 bits per heavy atom. The first kappa shape index (κ1) is 8.49. The molecule has 0 aromatic rings. The van der Waals surface area contributed by atoms with E-state index in [2.05, 4.69) is 17.4 Å². The number of Topliss-reactive ketones (excluding diaryl/α,β-unsaturated/α-hetero) is 1. The van der Waals surface area contributed by atoms with E-state index in [0.29, 0.717) is 0 Å². The van der Waals surface area contributed by atoms with Crippen molar-refractivity contribution in [2.45, 2.75) is 19.3 Å². The first-order valence-corrected chi connectivity index (χ1v) is 2.91. The molecule has 4 heteroatoms. The van der Waals surface area contributed by atoms with Crippen LogP contribution in [0, 0.1) is 0 Å². The van der Waals surface area contributed by atoms with Gasteiger partial charge in [-0.1, -0.05) is 0 Å². The molecule has 0 bridgehead atoms. The fourth-order valence-corrected chi connectivity index (χ4v) is 0.389. The second kappa shape index (κ2) is 3.50. The van der Waals surface area contributed by atoms with Crippen molar-refractivity contribution in [3.63, 3.8) is 0 Å². The summed E-state index contributed by atoms with van der Waals surface area (Å²) in [7, 11) is 0. The third kappa shape index (κ3) is 4.02. The average molecular weight is 148 g/mol. The molecule has 0 amide bonds. The highest BCUT2D eigenvalue weighted by atomic mass is 32.1. The summed E-state index contributed by atoms with van der Waals surface area (Å²) < 4.78 is 4.39. The monoisotopic (exact) mass is 148 g/mol. The zero-order chi connectivity index (χ0) is 7.44. The van der Waals surface area contributed by atoms with E-state index in [0.717, 1.165) is 0 Å². The number of rotatable bonds is 2. The Morgan fingerprint density at radius 1 is 1.44 bits per heavy atom. The summed E-state index contributed by atoms with van der Waals surface area (Å²) in [5.74, 6) is -0.765. The normalized spacial score (nSPS) is 12.3. The lowest BCUT2D eigenvalue weighted by atomic mass is 10.5. The van der Waals surface area contributed by atoms with Crippen molar-refractivity contribution in [3.8, 4) is 0 Å². The van der Waals surface area contributed by atoms with E-state index in [1.807, 2.05) is 0 Å². The Hall–Kier alpha value is -0.510. The minimum Gasteiger partial charge on any atom is -0.444 e. The fraction of sp³-hybridized carbons (Fsp3) is 0.600. The van der Waals surface area contributed by atoms with E-state index in [1.165, 1.54) is 13.8 Å². The molecule has 0 saturated carbocycles. The highest BCUT2D eigenvalue weighted by Gasteiger charge is 2.09. The van der Waals surface area contributed by atoms with Crippen molar-refractivity contribution in [2.75, 3.05) is 0 Å². The Labute approximate surface area is 58.8 Å². The molecule has 0 spiro atoms. The van der Waals surface area contributed by atoms with Crippen LogP contribution < -0.4 is 0 Å². The van der Waals surface area contributed by atoms with Crippen LogP contribution in [0.2, 0.25) is 0 Å². The molecular weight excluding hydrogens is 140 g/mol. The number of ketones is 1. The van der Waals surface area contributed by atoms with Crippen LogP contribution in [0.25, 0.3) is 0 Å². The second-order valence-electron chi connectivity index (χ2n) is 1.57. The number of ether oxygens (including phenoxy) is 1. The summed E-state index contributed by atoms with van der Waals surface area (Å²) in [6.45, 7) is 2.53. The maximum absolute atomic E-state index is 10.3. The van der Waals surface area contributed by atoms with Gasteiger partial charge in [0.25, 0.3) is 0 Å². The van der Waals surface area contributed by atoms with Gasteiger partial charge in [0.1, 0.15) is 0 Å². The molecule has 0 heterocycles. The lowest BCUT2D eigenvalue weighted by molar-refractivity contribution is -0.147. The molecule has 0 aromatic carbocycles. The van der Waals surface area contributed by atoms with Crippen LogP contribution in [0.15, 0.2) is 0 Å². The van der Waals surface area contributed by atoms with Gasteiger partial charge in [0.05, 0.1) is 0 Å². The third-order valence-corrected chi connectivity index (χ3v) is 1.09. The molecule has 0 N–H and O–H groups in total. The average Bonchev–Trinajstić information content (AvgIpc) is 1.63. The summed E-state index contributed by atoms with van der Waals surface area (Å²) in [5, 5.41) is 0. The molecule has 0 fully saturated rings. The predicted molar refractivity (Wildman–Crippen MR) is 35.2 cm³/mol. The van der Waals surface area contributed by atoms with Crippen LogP contribution in [-0.2, 0) is 14.3 Å². The Kier molecular flexibility index (Phi) is 3.30. The quantitative estimate of drug-likeness (QED) is 0.350. The van der Waals surface area contributed by atoms with Gasteiger partial charge in [-0.15, -0.1) is 12.6 Å². The minimum atomic E-state index is -0.900. The highest BCUT2D eigenvalue weighted by Crippen LogP contribution is 1.97. The lowest BCUT2D eigenvalue weighted by Gasteiger charge is -2.04. The largest absolute Gasteiger partial charge is 0.444 e. The molecule has 52 valence electrons. The Morgan fingerprint density at radius 2 is 1.89 bits per heavy atom. The van der Waals surface area contributed by atoms with Crippen LogP contribution in [0.5, 0.6) is 0 Å². The van der Waals surface area contributed by atoms with Crippen molar-refractivity contribution in [3.05, 3.63) is 0 Å². The van der Waals surface area contributed by atoms with Crippen LogP contribution in [0.3, 0.4) is 0 Å². The minimum absolute atomic E-state index is 0.270. The summed E-state index contributed by atoms with van der Waals surface area (Å²) in [6, 6.07) is 0. The van der Waals surface area contributed by atoms with Gasteiger partial charge in [-0.3, -0.25) is 9.59 Å².